The SMILES string of the molecule is Cl.O=C(/C=C/c1ccccc1)N(CCN1CCOCC1)c1nc2ccc(F)cc2s1. The largest absolute Gasteiger partial charge is 0.379 e. The Balaban J connectivity index is 0.00000256. The van der Waals surface area contributed by atoms with Gasteiger partial charge in [0.1, 0.15) is 5.82 Å². The molecular formula is C22H23ClFN3O2S. The topological polar surface area (TPSA) is 45.7 Å². The highest BCUT2D eigenvalue weighted by molar-refractivity contribution is 7.22. The van der Waals surface area contributed by atoms with Crippen LogP contribution < -0.4 is 4.90 Å². The van der Waals surface area contributed by atoms with Gasteiger partial charge >= 0.3 is 0 Å². The molecule has 0 saturated carbocycles. The average molecular weight is 448 g/mol. The first-order valence-corrected chi connectivity index (χ1v) is 10.4. The van der Waals surface area contributed by atoms with Crippen molar-refractivity contribution in [3.63, 3.8) is 0 Å². The first kappa shape index (κ1) is 22.4. The molecule has 1 aliphatic rings. The highest BCUT2D eigenvalue weighted by Crippen LogP contribution is 2.29. The summed E-state index contributed by atoms with van der Waals surface area (Å²) in [6, 6.07) is 14.2. The van der Waals surface area contributed by atoms with Gasteiger partial charge in [0.2, 0.25) is 0 Å². The molecule has 2 aromatic carbocycles. The molecule has 1 amide bonds. The Morgan fingerprint density at radius 1 is 1.20 bits per heavy atom. The lowest BCUT2D eigenvalue weighted by atomic mass is 10.2. The van der Waals surface area contributed by atoms with Gasteiger partial charge in [0.15, 0.2) is 5.13 Å². The number of hydrogen-bond donors (Lipinski definition) is 0. The molecule has 158 valence electrons. The van der Waals surface area contributed by atoms with Crippen molar-refractivity contribution in [3.8, 4) is 0 Å². The van der Waals surface area contributed by atoms with Gasteiger partial charge in [0, 0.05) is 32.3 Å². The third kappa shape index (κ3) is 5.64. The van der Waals surface area contributed by atoms with E-state index in [0.717, 1.165) is 29.9 Å². The molecule has 8 heteroatoms. The van der Waals surface area contributed by atoms with Crippen LogP contribution in [0.25, 0.3) is 16.3 Å². The van der Waals surface area contributed by atoms with E-state index in [4.69, 9.17) is 4.74 Å². The van der Waals surface area contributed by atoms with Gasteiger partial charge in [0.25, 0.3) is 5.91 Å². The lowest BCUT2D eigenvalue weighted by Gasteiger charge is -2.28. The summed E-state index contributed by atoms with van der Waals surface area (Å²) in [5, 5.41) is 0.585. The van der Waals surface area contributed by atoms with Gasteiger partial charge < -0.3 is 4.74 Å². The highest BCUT2D eigenvalue weighted by atomic mass is 35.5. The minimum absolute atomic E-state index is 0. The first-order valence-electron chi connectivity index (χ1n) is 9.60. The van der Waals surface area contributed by atoms with Crippen LogP contribution in [0.3, 0.4) is 0 Å². The van der Waals surface area contributed by atoms with E-state index >= 15 is 0 Å². The molecule has 1 saturated heterocycles. The Morgan fingerprint density at radius 3 is 2.73 bits per heavy atom. The number of benzene rings is 2. The molecule has 1 aliphatic heterocycles. The Labute approximate surface area is 185 Å². The standard InChI is InChI=1S/C22H22FN3O2S.ClH/c23-18-7-8-19-20(16-18)29-22(24-19)26(11-10-25-12-14-28-15-13-25)21(27)9-6-17-4-2-1-3-5-17;/h1-9,16H,10-15H2;1H/b9-6+;. The van der Waals surface area contributed by atoms with Gasteiger partial charge in [-0.3, -0.25) is 14.6 Å². The van der Waals surface area contributed by atoms with Crippen LogP contribution in [0.2, 0.25) is 0 Å². The van der Waals surface area contributed by atoms with Gasteiger partial charge in [-0.15, -0.1) is 12.4 Å². The highest BCUT2D eigenvalue weighted by Gasteiger charge is 2.20. The molecular weight excluding hydrogens is 425 g/mol. The van der Waals surface area contributed by atoms with Crippen molar-refractivity contribution in [3.05, 3.63) is 66.0 Å². The van der Waals surface area contributed by atoms with E-state index in [9.17, 15) is 9.18 Å². The molecule has 3 aromatic rings. The Kier molecular flexibility index (Phi) is 7.93. The van der Waals surface area contributed by atoms with Crippen LogP contribution in [-0.4, -0.2) is 55.2 Å². The zero-order valence-corrected chi connectivity index (χ0v) is 18.0. The van der Waals surface area contributed by atoms with Crippen molar-refractivity contribution in [2.45, 2.75) is 0 Å². The molecule has 5 nitrogen and oxygen atoms in total. The van der Waals surface area contributed by atoms with E-state index in [2.05, 4.69) is 9.88 Å². The summed E-state index contributed by atoms with van der Waals surface area (Å²) >= 11 is 1.33. The van der Waals surface area contributed by atoms with Crippen LogP contribution in [0.5, 0.6) is 0 Å². The van der Waals surface area contributed by atoms with Crippen LogP contribution >= 0.6 is 23.7 Å². The second-order valence-electron chi connectivity index (χ2n) is 6.80. The van der Waals surface area contributed by atoms with E-state index in [1.807, 2.05) is 30.3 Å². The number of hydrogen-bond acceptors (Lipinski definition) is 5. The number of amides is 1. The number of carbonyl (C=O) groups excluding carboxylic acids is 1. The quantitative estimate of drug-likeness (QED) is 0.530. The Morgan fingerprint density at radius 2 is 1.97 bits per heavy atom. The normalized spacial score (nSPS) is 14.7. The third-order valence-electron chi connectivity index (χ3n) is 4.80. The fourth-order valence-electron chi connectivity index (χ4n) is 3.19. The summed E-state index contributed by atoms with van der Waals surface area (Å²) in [6.07, 6.45) is 3.37. The van der Waals surface area contributed by atoms with E-state index in [1.54, 1.807) is 23.1 Å². The lowest BCUT2D eigenvalue weighted by molar-refractivity contribution is -0.114. The van der Waals surface area contributed by atoms with Crippen molar-refractivity contribution in [1.82, 2.24) is 9.88 Å². The van der Waals surface area contributed by atoms with E-state index in [1.165, 1.54) is 23.5 Å². The molecule has 0 unspecified atom stereocenters. The van der Waals surface area contributed by atoms with Gasteiger partial charge in [-0.25, -0.2) is 9.37 Å². The monoisotopic (exact) mass is 447 g/mol. The predicted octanol–water partition coefficient (Wildman–Crippen LogP) is 4.24. The summed E-state index contributed by atoms with van der Waals surface area (Å²) in [5.41, 5.74) is 1.66. The molecule has 2 heterocycles. The van der Waals surface area contributed by atoms with Crippen LogP contribution in [-0.2, 0) is 9.53 Å². The number of thiazole rings is 1. The van der Waals surface area contributed by atoms with Crippen LogP contribution in [0.15, 0.2) is 54.6 Å². The van der Waals surface area contributed by atoms with Crippen LogP contribution in [0, 0.1) is 5.82 Å². The lowest BCUT2D eigenvalue weighted by Crippen LogP contribution is -2.42. The molecule has 1 fully saturated rings. The van der Waals surface area contributed by atoms with Crippen molar-refractivity contribution >= 4 is 51.1 Å². The van der Waals surface area contributed by atoms with Crippen molar-refractivity contribution in [2.24, 2.45) is 0 Å². The Bertz CT molecular complexity index is 1010. The molecule has 0 bridgehead atoms. The van der Waals surface area contributed by atoms with Crippen molar-refractivity contribution < 1.29 is 13.9 Å². The smallest absolute Gasteiger partial charge is 0.252 e. The number of ether oxygens (including phenoxy) is 1. The molecule has 30 heavy (non-hydrogen) atoms. The zero-order chi connectivity index (χ0) is 20.1. The molecule has 4 rings (SSSR count). The van der Waals surface area contributed by atoms with Gasteiger partial charge in [-0.2, -0.15) is 0 Å². The second-order valence-corrected chi connectivity index (χ2v) is 7.81. The summed E-state index contributed by atoms with van der Waals surface area (Å²) in [5.74, 6) is -0.440. The number of rotatable bonds is 6. The minimum atomic E-state index is -0.303. The minimum Gasteiger partial charge on any atom is -0.379 e. The van der Waals surface area contributed by atoms with E-state index < -0.39 is 0 Å². The number of fused-ring (bicyclic) bond motifs is 1. The summed E-state index contributed by atoms with van der Waals surface area (Å²) in [6.45, 7) is 4.38. The fourth-order valence-corrected chi connectivity index (χ4v) is 4.21. The van der Waals surface area contributed by atoms with Crippen LogP contribution in [0.4, 0.5) is 9.52 Å². The van der Waals surface area contributed by atoms with Gasteiger partial charge in [0.05, 0.1) is 23.4 Å². The first-order chi connectivity index (χ1) is 14.2. The maximum absolute atomic E-state index is 13.6. The number of carbonyl (C=O) groups is 1. The van der Waals surface area contributed by atoms with E-state index in [-0.39, 0.29) is 24.1 Å². The van der Waals surface area contributed by atoms with Gasteiger partial charge in [-0.1, -0.05) is 41.7 Å². The number of nitrogens with zero attached hydrogens (tertiary/aromatic N) is 3. The van der Waals surface area contributed by atoms with Crippen molar-refractivity contribution in [2.75, 3.05) is 44.3 Å². The summed E-state index contributed by atoms with van der Waals surface area (Å²) in [7, 11) is 0. The van der Waals surface area contributed by atoms with E-state index in [0.29, 0.717) is 30.4 Å². The van der Waals surface area contributed by atoms with Gasteiger partial charge in [-0.05, 0) is 29.8 Å². The molecule has 0 aliphatic carbocycles. The predicted molar refractivity (Wildman–Crippen MR) is 122 cm³/mol. The number of halogens is 2. The summed E-state index contributed by atoms with van der Waals surface area (Å²) in [4.78, 5) is 21.5. The average Bonchev–Trinajstić information content (AvgIpc) is 3.16. The van der Waals surface area contributed by atoms with Crippen LogP contribution in [0.1, 0.15) is 5.56 Å². The molecule has 1 aromatic heterocycles. The number of aromatic nitrogens is 1. The summed E-state index contributed by atoms with van der Waals surface area (Å²) < 4.78 is 19.7. The Hall–Kier alpha value is -2.32. The molecule has 0 N–H and O–H groups in total. The number of morpholine rings is 1. The zero-order valence-electron chi connectivity index (χ0n) is 16.4. The van der Waals surface area contributed by atoms with Crippen molar-refractivity contribution in [1.29, 1.82) is 0 Å². The molecule has 0 atom stereocenters. The number of anilines is 1. The third-order valence-corrected chi connectivity index (χ3v) is 5.84. The maximum Gasteiger partial charge on any atom is 0.252 e. The fraction of sp³-hybridized carbons (Fsp3) is 0.273. The second kappa shape index (κ2) is 10.6. The molecule has 0 spiro atoms. The molecule has 0 radical (unpaired) electrons. The maximum atomic E-state index is 13.6.